The molecule has 0 aromatic carbocycles. The summed E-state index contributed by atoms with van der Waals surface area (Å²) in [6.07, 6.45) is 1.50. The monoisotopic (exact) mass is 215 g/mol. The molecule has 0 radical (unpaired) electrons. The zero-order chi connectivity index (χ0) is 10.7. The van der Waals surface area contributed by atoms with Gasteiger partial charge in [-0.15, -0.1) is 11.6 Å². The van der Waals surface area contributed by atoms with Crippen LogP contribution in [0, 0.1) is 6.92 Å². The maximum absolute atomic E-state index is 11.6. The van der Waals surface area contributed by atoms with Crippen LogP contribution in [-0.4, -0.2) is 17.3 Å². The van der Waals surface area contributed by atoms with E-state index in [1.54, 1.807) is 13.0 Å². The second-order valence-electron chi connectivity index (χ2n) is 3.33. The molecule has 4 heteroatoms. The fourth-order valence-electron chi connectivity index (χ4n) is 1.02. The molecule has 1 heterocycles. The van der Waals surface area contributed by atoms with Gasteiger partial charge in [-0.05, 0) is 26.8 Å². The van der Waals surface area contributed by atoms with Gasteiger partial charge in [0.2, 0.25) is 0 Å². The number of nitrogens with one attached hydrogen (secondary N) is 1. The lowest BCUT2D eigenvalue weighted by molar-refractivity contribution is 0.0938. The lowest BCUT2D eigenvalue weighted by Crippen LogP contribution is -2.37. The van der Waals surface area contributed by atoms with E-state index < -0.39 is 0 Å². The molecule has 0 spiro atoms. The Bertz CT molecular complexity index is 320. The molecule has 0 saturated carbocycles. The average Bonchev–Trinajstić information content (AvgIpc) is 2.51. The second kappa shape index (κ2) is 4.51. The van der Waals surface area contributed by atoms with E-state index in [1.807, 2.05) is 13.8 Å². The Balaban J connectivity index is 2.64. The summed E-state index contributed by atoms with van der Waals surface area (Å²) in [5, 5.41) is 2.70. The highest BCUT2D eigenvalue weighted by Crippen LogP contribution is 2.09. The Morgan fingerprint density at radius 2 is 2.21 bits per heavy atom. The molecule has 1 amide bonds. The van der Waals surface area contributed by atoms with E-state index in [9.17, 15) is 4.79 Å². The minimum absolute atomic E-state index is 0.0570. The predicted molar refractivity (Wildman–Crippen MR) is 55.7 cm³/mol. The molecule has 0 aliphatic carbocycles. The molecule has 2 atom stereocenters. The first kappa shape index (κ1) is 11.1. The maximum atomic E-state index is 11.6. The molecule has 0 bridgehead atoms. The quantitative estimate of drug-likeness (QED) is 0.787. The van der Waals surface area contributed by atoms with Crippen LogP contribution < -0.4 is 5.32 Å². The fourth-order valence-corrected chi connectivity index (χ4v) is 1.08. The molecule has 14 heavy (non-hydrogen) atoms. The number of aryl methyl sites for hydroxylation is 1. The van der Waals surface area contributed by atoms with E-state index in [2.05, 4.69) is 5.32 Å². The minimum atomic E-state index is -0.142. The van der Waals surface area contributed by atoms with Gasteiger partial charge in [0.1, 0.15) is 5.76 Å². The second-order valence-corrected chi connectivity index (χ2v) is 4.02. The van der Waals surface area contributed by atoms with E-state index in [-0.39, 0.29) is 17.3 Å². The van der Waals surface area contributed by atoms with E-state index >= 15 is 0 Å². The van der Waals surface area contributed by atoms with Gasteiger partial charge < -0.3 is 9.73 Å². The van der Waals surface area contributed by atoms with Crippen LogP contribution >= 0.6 is 11.6 Å². The molecule has 3 nitrogen and oxygen atoms in total. The van der Waals surface area contributed by atoms with Crippen LogP contribution in [0.25, 0.3) is 0 Å². The number of hydrogen-bond acceptors (Lipinski definition) is 2. The minimum Gasteiger partial charge on any atom is -0.469 e. The van der Waals surface area contributed by atoms with Crippen molar-refractivity contribution in [3.63, 3.8) is 0 Å². The van der Waals surface area contributed by atoms with Crippen LogP contribution in [0.2, 0.25) is 0 Å². The summed E-state index contributed by atoms with van der Waals surface area (Å²) in [5.74, 6) is 0.480. The molecule has 1 N–H and O–H groups in total. The lowest BCUT2D eigenvalue weighted by atomic mass is 10.2. The van der Waals surface area contributed by atoms with Crippen molar-refractivity contribution in [1.82, 2.24) is 5.32 Å². The molecule has 78 valence electrons. The summed E-state index contributed by atoms with van der Waals surface area (Å²) < 4.78 is 5.03. The van der Waals surface area contributed by atoms with E-state index in [1.165, 1.54) is 6.26 Å². The molecule has 1 aromatic heterocycles. The van der Waals surface area contributed by atoms with Crippen LogP contribution in [0.4, 0.5) is 0 Å². The molecule has 1 rings (SSSR count). The van der Waals surface area contributed by atoms with Gasteiger partial charge in [0.05, 0.1) is 17.2 Å². The third-order valence-corrected chi connectivity index (χ3v) is 2.53. The summed E-state index contributed by atoms with van der Waals surface area (Å²) >= 11 is 5.84. The Labute approximate surface area is 88.4 Å². The summed E-state index contributed by atoms with van der Waals surface area (Å²) in [5.41, 5.74) is 0.564. The molecule has 0 aliphatic heterocycles. The van der Waals surface area contributed by atoms with Gasteiger partial charge in [-0.2, -0.15) is 0 Å². The van der Waals surface area contributed by atoms with Crippen LogP contribution in [0.5, 0.6) is 0 Å². The highest BCUT2D eigenvalue weighted by Gasteiger charge is 2.16. The van der Waals surface area contributed by atoms with E-state index in [0.717, 1.165) is 0 Å². The first-order valence-corrected chi connectivity index (χ1v) is 4.95. The average molecular weight is 216 g/mol. The fraction of sp³-hybridized carbons (Fsp3) is 0.500. The third-order valence-electron chi connectivity index (χ3n) is 2.15. The van der Waals surface area contributed by atoms with Gasteiger partial charge in [0, 0.05) is 6.04 Å². The number of furan rings is 1. The molecular weight excluding hydrogens is 202 g/mol. The van der Waals surface area contributed by atoms with Crippen molar-refractivity contribution in [2.75, 3.05) is 0 Å². The Morgan fingerprint density at radius 3 is 2.64 bits per heavy atom. The topological polar surface area (TPSA) is 42.2 Å². The van der Waals surface area contributed by atoms with Crippen LogP contribution in [0.1, 0.15) is 30.0 Å². The maximum Gasteiger partial charge on any atom is 0.255 e. The molecule has 1 aromatic rings. The zero-order valence-electron chi connectivity index (χ0n) is 8.50. The molecule has 0 saturated heterocycles. The summed E-state index contributed by atoms with van der Waals surface area (Å²) in [4.78, 5) is 11.6. The largest absolute Gasteiger partial charge is 0.469 e. The molecule has 0 fully saturated rings. The van der Waals surface area contributed by atoms with Crippen molar-refractivity contribution in [1.29, 1.82) is 0 Å². The number of alkyl halides is 1. The normalized spacial score (nSPS) is 14.9. The molecule has 0 aliphatic rings. The predicted octanol–water partition coefficient (Wildman–Crippen LogP) is 2.33. The summed E-state index contributed by atoms with van der Waals surface area (Å²) in [7, 11) is 0. The SMILES string of the molecule is Cc1occc1C(=O)NC(C)C(C)Cl. The first-order valence-electron chi connectivity index (χ1n) is 4.51. The number of amides is 1. The summed E-state index contributed by atoms with van der Waals surface area (Å²) in [6, 6.07) is 1.59. The standard InChI is InChI=1S/C10H14ClNO2/c1-6(11)7(2)12-10(13)9-4-5-14-8(9)3/h4-7H,1-3H3,(H,12,13). The van der Waals surface area contributed by atoms with Crippen LogP contribution in [0.3, 0.4) is 0 Å². The van der Waals surface area contributed by atoms with Crippen molar-refractivity contribution in [2.24, 2.45) is 0 Å². The van der Waals surface area contributed by atoms with Gasteiger partial charge >= 0.3 is 0 Å². The third kappa shape index (κ3) is 2.51. The van der Waals surface area contributed by atoms with Crippen molar-refractivity contribution in [3.05, 3.63) is 23.7 Å². The summed E-state index contributed by atoms with van der Waals surface area (Å²) in [6.45, 7) is 5.46. The highest BCUT2D eigenvalue weighted by atomic mass is 35.5. The first-order chi connectivity index (χ1) is 6.52. The van der Waals surface area contributed by atoms with Crippen molar-refractivity contribution >= 4 is 17.5 Å². The van der Waals surface area contributed by atoms with Gasteiger partial charge in [-0.3, -0.25) is 4.79 Å². The van der Waals surface area contributed by atoms with Crippen LogP contribution in [0.15, 0.2) is 16.7 Å². The number of halogens is 1. The Morgan fingerprint density at radius 1 is 1.57 bits per heavy atom. The lowest BCUT2D eigenvalue weighted by Gasteiger charge is -2.15. The molecule has 2 unspecified atom stereocenters. The van der Waals surface area contributed by atoms with E-state index in [4.69, 9.17) is 16.0 Å². The number of hydrogen-bond donors (Lipinski definition) is 1. The van der Waals surface area contributed by atoms with Crippen LogP contribution in [-0.2, 0) is 0 Å². The zero-order valence-corrected chi connectivity index (χ0v) is 9.26. The highest BCUT2D eigenvalue weighted by molar-refractivity contribution is 6.21. The van der Waals surface area contributed by atoms with Gasteiger partial charge in [0.15, 0.2) is 0 Å². The van der Waals surface area contributed by atoms with Gasteiger partial charge in [-0.1, -0.05) is 0 Å². The van der Waals surface area contributed by atoms with Gasteiger partial charge in [-0.25, -0.2) is 0 Å². The number of carbonyl (C=O) groups excluding carboxylic acids is 1. The van der Waals surface area contributed by atoms with Gasteiger partial charge in [0.25, 0.3) is 5.91 Å². The van der Waals surface area contributed by atoms with E-state index in [0.29, 0.717) is 11.3 Å². The smallest absolute Gasteiger partial charge is 0.255 e. The molecular formula is C10H14ClNO2. The van der Waals surface area contributed by atoms with Crippen molar-refractivity contribution in [3.8, 4) is 0 Å². The number of rotatable bonds is 3. The number of carbonyl (C=O) groups is 1. The van der Waals surface area contributed by atoms with Crippen molar-refractivity contribution in [2.45, 2.75) is 32.2 Å². The Hall–Kier alpha value is -0.960. The van der Waals surface area contributed by atoms with Crippen molar-refractivity contribution < 1.29 is 9.21 Å². The Kier molecular flexibility index (Phi) is 3.58.